The summed E-state index contributed by atoms with van der Waals surface area (Å²) >= 11 is 0. The van der Waals surface area contributed by atoms with Crippen molar-refractivity contribution in [2.45, 2.75) is 57.0 Å². The van der Waals surface area contributed by atoms with Crippen molar-refractivity contribution in [1.29, 1.82) is 0 Å². The van der Waals surface area contributed by atoms with Crippen molar-refractivity contribution in [3.05, 3.63) is 35.4 Å². The van der Waals surface area contributed by atoms with E-state index < -0.39 is 0 Å². The second kappa shape index (κ2) is 3.68. The number of rotatable bonds is 0. The first-order valence-electron chi connectivity index (χ1n) is 8.45. The van der Waals surface area contributed by atoms with E-state index in [0.29, 0.717) is 11.0 Å². The molecule has 1 unspecified atom stereocenters. The molecule has 0 bridgehead atoms. The van der Waals surface area contributed by atoms with Crippen LogP contribution in [0.15, 0.2) is 24.3 Å². The lowest BCUT2D eigenvalue weighted by Gasteiger charge is -2.50. The Labute approximate surface area is 121 Å². The van der Waals surface area contributed by atoms with Gasteiger partial charge >= 0.3 is 0 Å². The SMILES string of the molecule is C[C@]12CC[C@@H]3c4ccccc4CC[C@H]3[C@@H]1CCC21CO1. The summed E-state index contributed by atoms with van der Waals surface area (Å²) < 4.78 is 5.98. The molecule has 1 spiro atoms. The Balaban J connectivity index is 1.55. The van der Waals surface area contributed by atoms with Crippen LogP contribution in [0.3, 0.4) is 0 Å². The van der Waals surface area contributed by atoms with Gasteiger partial charge in [-0.2, -0.15) is 0 Å². The standard InChI is InChI=1S/C19H24O/c1-18-10-8-15-14-5-3-2-4-13(14)6-7-16(15)17(18)9-11-19(18)12-20-19/h2-5,15-17H,6-12H2,1H3/t15-,16-,17+,18+,19?/m1/s1. The zero-order valence-electron chi connectivity index (χ0n) is 12.4. The van der Waals surface area contributed by atoms with Gasteiger partial charge < -0.3 is 4.74 Å². The van der Waals surface area contributed by atoms with Gasteiger partial charge in [0.1, 0.15) is 0 Å². The Morgan fingerprint density at radius 1 is 1.10 bits per heavy atom. The lowest BCUT2D eigenvalue weighted by molar-refractivity contribution is 0.0121. The van der Waals surface area contributed by atoms with Crippen molar-refractivity contribution in [2.75, 3.05) is 6.61 Å². The monoisotopic (exact) mass is 268 g/mol. The summed E-state index contributed by atoms with van der Waals surface area (Å²) in [6, 6.07) is 9.23. The molecule has 5 atom stereocenters. The zero-order valence-corrected chi connectivity index (χ0v) is 12.4. The van der Waals surface area contributed by atoms with Crippen molar-refractivity contribution in [3.8, 4) is 0 Å². The molecule has 1 heterocycles. The Morgan fingerprint density at radius 2 is 1.95 bits per heavy atom. The normalized spacial score (nSPS) is 48.5. The van der Waals surface area contributed by atoms with Gasteiger partial charge in [-0.3, -0.25) is 0 Å². The number of benzene rings is 1. The van der Waals surface area contributed by atoms with E-state index in [0.717, 1.165) is 24.4 Å². The highest BCUT2D eigenvalue weighted by atomic mass is 16.6. The molecule has 0 N–H and O–H groups in total. The van der Waals surface area contributed by atoms with Crippen LogP contribution in [0.25, 0.3) is 0 Å². The molecule has 1 heteroatoms. The quantitative estimate of drug-likeness (QED) is 0.639. The molecular weight excluding hydrogens is 244 g/mol. The fourth-order valence-corrected chi connectivity index (χ4v) is 6.18. The Bertz CT molecular complexity index is 559. The topological polar surface area (TPSA) is 12.5 Å². The van der Waals surface area contributed by atoms with E-state index in [1.165, 1.54) is 38.5 Å². The minimum Gasteiger partial charge on any atom is -0.369 e. The molecule has 3 aliphatic carbocycles. The second-order valence-electron chi connectivity index (χ2n) is 7.89. The van der Waals surface area contributed by atoms with E-state index in [2.05, 4.69) is 31.2 Å². The summed E-state index contributed by atoms with van der Waals surface area (Å²) in [6.45, 7) is 3.60. The van der Waals surface area contributed by atoms with Crippen molar-refractivity contribution in [3.63, 3.8) is 0 Å². The second-order valence-corrected chi connectivity index (χ2v) is 7.89. The average Bonchev–Trinajstić information content (AvgIpc) is 3.21. The number of hydrogen-bond donors (Lipinski definition) is 0. The molecular formula is C19H24O. The zero-order chi connectivity index (χ0) is 13.4. The fraction of sp³-hybridized carbons (Fsp3) is 0.684. The number of epoxide rings is 1. The van der Waals surface area contributed by atoms with Gasteiger partial charge in [-0.05, 0) is 67.4 Å². The van der Waals surface area contributed by atoms with Crippen LogP contribution >= 0.6 is 0 Å². The van der Waals surface area contributed by atoms with Crippen molar-refractivity contribution in [1.82, 2.24) is 0 Å². The fourth-order valence-electron chi connectivity index (χ4n) is 6.18. The van der Waals surface area contributed by atoms with Gasteiger partial charge in [0.25, 0.3) is 0 Å². The molecule has 1 saturated heterocycles. The molecule has 20 heavy (non-hydrogen) atoms. The molecule has 2 saturated carbocycles. The first-order chi connectivity index (χ1) is 9.74. The molecule has 0 amide bonds. The van der Waals surface area contributed by atoms with Gasteiger partial charge in [-0.25, -0.2) is 0 Å². The lowest BCUT2D eigenvalue weighted by atomic mass is 9.54. The molecule has 1 nitrogen and oxygen atoms in total. The van der Waals surface area contributed by atoms with Crippen LogP contribution in [-0.4, -0.2) is 12.2 Å². The van der Waals surface area contributed by atoms with Crippen LogP contribution in [0.2, 0.25) is 0 Å². The lowest BCUT2D eigenvalue weighted by Crippen LogP contribution is -2.45. The number of fused-ring (bicyclic) bond motifs is 6. The molecule has 1 aliphatic heterocycles. The molecule has 4 aliphatic rings. The highest BCUT2D eigenvalue weighted by molar-refractivity contribution is 5.35. The van der Waals surface area contributed by atoms with Crippen LogP contribution in [0, 0.1) is 17.3 Å². The van der Waals surface area contributed by atoms with Gasteiger partial charge in [-0.15, -0.1) is 0 Å². The molecule has 5 rings (SSSR count). The maximum absolute atomic E-state index is 5.98. The maximum atomic E-state index is 5.98. The Hall–Kier alpha value is -0.820. The summed E-state index contributed by atoms with van der Waals surface area (Å²) in [4.78, 5) is 0. The minimum atomic E-state index is 0.305. The van der Waals surface area contributed by atoms with Crippen LogP contribution in [0.4, 0.5) is 0 Å². The third-order valence-electron chi connectivity index (χ3n) is 7.42. The van der Waals surface area contributed by atoms with E-state index in [1.807, 2.05) is 0 Å². The molecule has 3 fully saturated rings. The van der Waals surface area contributed by atoms with Crippen molar-refractivity contribution in [2.24, 2.45) is 17.3 Å². The number of aryl methyl sites for hydroxylation is 1. The summed E-state index contributed by atoms with van der Waals surface area (Å²) in [7, 11) is 0. The van der Waals surface area contributed by atoms with E-state index in [1.54, 1.807) is 11.1 Å². The summed E-state index contributed by atoms with van der Waals surface area (Å²) in [5.41, 5.74) is 4.11. The smallest absolute Gasteiger partial charge is 0.0972 e. The molecule has 0 radical (unpaired) electrons. The van der Waals surface area contributed by atoms with Crippen LogP contribution in [0.1, 0.15) is 56.1 Å². The van der Waals surface area contributed by atoms with Gasteiger partial charge in [0, 0.05) is 5.41 Å². The van der Waals surface area contributed by atoms with E-state index >= 15 is 0 Å². The first kappa shape index (κ1) is 11.8. The van der Waals surface area contributed by atoms with E-state index in [9.17, 15) is 0 Å². The summed E-state index contributed by atoms with van der Waals surface area (Å²) in [5, 5.41) is 0. The Kier molecular flexibility index (Phi) is 2.17. The largest absolute Gasteiger partial charge is 0.369 e. The van der Waals surface area contributed by atoms with Crippen LogP contribution in [-0.2, 0) is 11.2 Å². The van der Waals surface area contributed by atoms with Crippen molar-refractivity contribution >= 4 is 0 Å². The summed E-state index contributed by atoms with van der Waals surface area (Å²) in [5.74, 6) is 2.68. The van der Waals surface area contributed by atoms with Gasteiger partial charge in [0.05, 0.1) is 12.2 Å². The summed E-state index contributed by atoms with van der Waals surface area (Å²) in [6.07, 6.45) is 8.24. The average molecular weight is 268 g/mol. The maximum Gasteiger partial charge on any atom is 0.0972 e. The molecule has 1 aromatic rings. The minimum absolute atomic E-state index is 0.305. The molecule has 0 aromatic heterocycles. The van der Waals surface area contributed by atoms with Crippen LogP contribution < -0.4 is 0 Å². The first-order valence-corrected chi connectivity index (χ1v) is 8.45. The third kappa shape index (κ3) is 1.28. The van der Waals surface area contributed by atoms with Gasteiger partial charge in [-0.1, -0.05) is 31.2 Å². The number of ether oxygens (including phenoxy) is 1. The number of hydrogen-bond acceptors (Lipinski definition) is 1. The highest BCUT2D eigenvalue weighted by Gasteiger charge is 2.68. The highest BCUT2D eigenvalue weighted by Crippen LogP contribution is 2.68. The van der Waals surface area contributed by atoms with Gasteiger partial charge in [0.2, 0.25) is 0 Å². The third-order valence-corrected chi connectivity index (χ3v) is 7.42. The van der Waals surface area contributed by atoms with Crippen molar-refractivity contribution < 1.29 is 4.74 Å². The van der Waals surface area contributed by atoms with E-state index in [4.69, 9.17) is 4.74 Å². The Morgan fingerprint density at radius 3 is 2.80 bits per heavy atom. The predicted octanol–water partition coefficient (Wildman–Crippen LogP) is 4.31. The van der Waals surface area contributed by atoms with E-state index in [-0.39, 0.29) is 0 Å². The van der Waals surface area contributed by atoms with Crippen LogP contribution in [0.5, 0.6) is 0 Å². The predicted molar refractivity (Wildman–Crippen MR) is 79.7 cm³/mol. The molecule has 106 valence electrons. The molecule has 1 aromatic carbocycles. The van der Waals surface area contributed by atoms with Gasteiger partial charge in [0.15, 0.2) is 0 Å².